The summed E-state index contributed by atoms with van der Waals surface area (Å²) in [4.78, 5) is 77.9. The molecule has 0 aliphatic heterocycles. The van der Waals surface area contributed by atoms with Crippen LogP contribution in [0.4, 0.5) is 5.69 Å². The molecule has 0 spiro atoms. The molecule has 0 heterocycles. The third-order valence-corrected chi connectivity index (χ3v) is 7.46. The lowest BCUT2D eigenvalue weighted by molar-refractivity contribution is -0.135. The highest BCUT2D eigenvalue weighted by molar-refractivity contribution is 5.99. The standard InChI is InChI=1S/C33H56N14O5/c1-5-21-12-14-22(15-13-21)44-27(49)24(10-7-17-41-32(36)37)45-28(50)25(11-8-18-42-33(38)39)46-30(52)26(19(2)3)47-29(51)23(43-20(4)48)9-6-16-40-31(34)35/h5,12-15,19,23-26H,1,6-11,16-18H2,2-4H3,(H,43,48)(H,44,49)(H,45,50)(H,46,52)(H,47,51)(H4,34,35,40)(H4,36,37,41)(H4,38,39,42)/t23-,24-,25-,26-/m1/s1. The van der Waals surface area contributed by atoms with Gasteiger partial charge in [-0.05, 0) is 62.1 Å². The quantitative estimate of drug-likeness (QED) is 0.0334. The summed E-state index contributed by atoms with van der Waals surface area (Å²) in [6.07, 6.45) is 3.09. The van der Waals surface area contributed by atoms with Crippen LogP contribution in [0.1, 0.15) is 64.9 Å². The number of nitrogens with one attached hydrogen (secondary N) is 5. The Balaban J connectivity index is 3.26. The molecule has 0 aliphatic carbocycles. The molecule has 0 saturated carbocycles. The van der Waals surface area contributed by atoms with Crippen LogP contribution in [0.15, 0.2) is 45.8 Å². The van der Waals surface area contributed by atoms with Gasteiger partial charge in [0.25, 0.3) is 0 Å². The fourth-order valence-corrected chi connectivity index (χ4v) is 4.82. The van der Waals surface area contributed by atoms with Crippen molar-refractivity contribution in [3.05, 3.63) is 36.4 Å². The summed E-state index contributed by atoms with van der Waals surface area (Å²) in [6.45, 7) is 9.00. The fourth-order valence-electron chi connectivity index (χ4n) is 4.82. The van der Waals surface area contributed by atoms with Gasteiger partial charge >= 0.3 is 0 Å². The summed E-state index contributed by atoms with van der Waals surface area (Å²) in [6, 6.07) is 2.64. The highest BCUT2D eigenvalue weighted by Crippen LogP contribution is 2.13. The largest absolute Gasteiger partial charge is 0.370 e. The van der Waals surface area contributed by atoms with Gasteiger partial charge in [-0.3, -0.25) is 38.9 Å². The molecule has 0 unspecified atom stereocenters. The van der Waals surface area contributed by atoms with E-state index in [-0.39, 0.29) is 63.2 Å². The normalized spacial score (nSPS) is 12.8. The number of hydrogen-bond donors (Lipinski definition) is 11. The molecule has 0 fully saturated rings. The van der Waals surface area contributed by atoms with E-state index in [2.05, 4.69) is 48.1 Å². The summed E-state index contributed by atoms with van der Waals surface area (Å²) >= 11 is 0. The number of guanidine groups is 3. The molecular weight excluding hydrogens is 672 g/mol. The van der Waals surface area contributed by atoms with Crippen LogP contribution in [-0.4, -0.2) is 91.2 Å². The number of carbonyl (C=O) groups excluding carboxylic acids is 5. The molecule has 19 nitrogen and oxygen atoms in total. The number of anilines is 1. The number of rotatable bonds is 23. The van der Waals surface area contributed by atoms with E-state index in [1.807, 2.05) is 0 Å². The van der Waals surface area contributed by atoms with Gasteiger partial charge < -0.3 is 61.0 Å². The Morgan fingerprint density at radius 1 is 0.635 bits per heavy atom. The van der Waals surface area contributed by atoms with Crippen LogP contribution in [0.25, 0.3) is 6.08 Å². The topological polar surface area (TPSA) is 339 Å². The predicted octanol–water partition coefficient (Wildman–Crippen LogP) is -1.96. The first kappa shape index (κ1) is 44.1. The van der Waals surface area contributed by atoms with Crippen molar-refractivity contribution >= 4 is 59.2 Å². The number of amides is 5. The van der Waals surface area contributed by atoms with Crippen LogP contribution in [0, 0.1) is 5.92 Å². The van der Waals surface area contributed by atoms with Crippen LogP contribution in [-0.2, 0) is 24.0 Å². The van der Waals surface area contributed by atoms with E-state index < -0.39 is 59.6 Å². The molecule has 4 atom stereocenters. The lowest BCUT2D eigenvalue weighted by Gasteiger charge is -2.28. The SMILES string of the molecule is C=Cc1ccc(NC(=O)[C@@H](CCCN=C(N)N)NC(=O)[C@@H](CCCN=C(N)N)NC(=O)[C@H](NC(=O)[C@@H](CCCN=C(N)N)NC(C)=O)C(C)C)cc1. The van der Waals surface area contributed by atoms with Gasteiger partial charge in [0, 0.05) is 32.2 Å². The molecule has 0 aromatic heterocycles. The van der Waals surface area contributed by atoms with Crippen molar-refractivity contribution in [1.82, 2.24) is 21.3 Å². The second-order valence-corrected chi connectivity index (χ2v) is 12.3. The Labute approximate surface area is 304 Å². The van der Waals surface area contributed by atoms with Crippen molar-refractivity contribution in [2.75, 3.05) is 25.0 Å². The molecule has 1 rings (SSSR count). The van der Waals surface area contributed by atoms with Crippen LogP contribution in [0.5, 0.6) is 0 Å². The van der Waals surface area contributed by atoms with Gasteiger partial charge in [-0.2, -0.15) is 0 Å². The van der Waals surface area contributed by atoms with Gasteiger partial charge in [0.15, 0.2) is 17.9 Å². The van der Waals surface area contributed by atoms with Crippen molar-refractivity contribution in [1.29, 1.82) is 0 Å². The Hall–Kier alpha value is -5.88. The number of benzene rings is 1. The summed E-state index contributed by atoms with van der Waals surface area (Å²) in [5.41, 5.74) is 33.9. The maximum atomic E-state index is 13.8. The van der Waals surface area contributed by atoms with Gasteiger partial charge in [0.05, 0.1) is 0 Å². The predicted molar refractivity (Wildman–Crippen MR) is 203 cm³/mol. The average Bonchev–Trinajstić information content (AvgIpc) is 3.06. The molecular formula is C33H56N14O5. The number of carbonyl (C=O) groups is 5. The first-order valence-electron chi connectivity index (χ1n) is 16.9. The first-order chi connectivity index (χ1) is 24.5. The second-order valence-electron chi connectivity index (χ2n) is 12.3. The lowest BCUT2D eigenvalue weighted by Crippen LogP contribution is -2.59. The zero-order valence-corrected chi connectivity index (χ0v) is 30.2. The van der Waals surface area contributed by atoms with Crippen LogP contribution >= 0.6 is 0 Å². The summed E-state index contributed by atoms with van der Waals surface area (Å²) in [7, 11) is 0. The summed E-state index contributed by atoms with van der Waals surface area (Å²) < 4.78 is 0. The highest BCUT2D eigenvalue weighted by Gasteiger charge is 2.32. The maximum Gasteiger partial charge on any atom is 0.246 e. The van der Waals surface area contributed by atoms with Crippen molar-refractivity contribution in [2.45, 2.75) is 83.5 Å². The van der Waals surface area contributed by atoms with Crippen LogP contribution < -0.4 is 61.0 Å². The van der Waals surface area contributed by atoms with Gasteiger partial charge in [-0.15, -0.1) is 0 Å². The maximum absolute atomic E-state index is 13.8. The number of nitrogens with two attached hydrogens (primary N) is 6. The number of nitrogens with zero attached hydrogens (tertiary/aromatic N) is 3. The van der Waals surface area contributed by atoms with Crippen molar-refractivity contribution in [3.63, 3.8) is 0 Å². The van der Waals surface area contributed by atoms with E-state index in [1.54, 1.807) is 44.2 Å². The molecule has 0 saturated heterocycles. The van der Waals surface area contributed by atoms with Crippen LogP contribution in [0.2, 0.25) is 0 Å². The Morgan fingerprint density at radius 3 is 1.44 bits per heavy atom. The Bertz CT molecular complexity index is 1430. The molecule has 17 N–H and O–H groups in total. The zero-order valence-electron chi connectivity index (χ0n) is 30.2. The molecule has 288 valence electrons. The summed E-state index contributed by atoms with van der Waals surface area (Å²) in [5.74, 6) is -3.69. The summed E-state index contributed by atoms with van der Waals surface area (Å²) in [5, 5.41) is 13.5. The van der Waals surface area contributed by atoms with E-state index in [0.717, 1.165) is 5.56 Å². The molecule has 0 aliphatic rings. The third kappa shape index (κ3) is 18.2. The molecule has 0 bridgehead atoms. The van der Waals surface area contributed by atoms with E-state index in [9.17, 15) is 24.0 Å². The minimum atomic E-state index is -1.16. The van der Waals surface area contributed by atoms with Crippen molar-refractivity contribution in [2.24, 2.45) is 55.3 Å². The molecule has 1 aromatic carbocycles. The van der Waals surface area contributed by atoms with Gasteiger partial charge in [0.2, 0.25) is 29.5 Å². The fraction of sp³-hybridized carbons (Fsp3) is 0.515. The number of hydrogen-bond acceptors (Lipinski definition) is 8. The van der Waals surface area contributed by atoms with Gasteiger partial charge in [-0.1, -0.05) is 38.6 Å². The van der Waals surface area contributed by atoms with E-state index >= 15 is 0 Å². The smallest absolute Gasteiger partial charge is 0.246 e. The van der Waals surface area contributed by atoms with Crippen molar-refractivity contribution < 1.29 is 24.0 Å². The molecule has 0 radical (unpaired) electrons. The minimum absolute atomic E-state index is 0.0811. The Morgan fingerprint density at radius 2 is 1.04 bits per heavy atom. The van der Waals surface area contributed by atoms with Crippen molar-refractivity contribution in [3.8, 4) is 0 Å². The second kappa shape index (κ2) is 23.5. The van der Waals surface area contributed by atoms with E-state index in [1.165, 1.54) is 6.92 Å². The van der Waals surface area contributed by atoms with Gasteiger partial charge in [0.1, 0.15) is 24.2 Å². The molecule has 52 heavy (non-hydrogen) atoms. The lowest BCUT2D eigenvalue weighted by atomic mass is 10.0. The number of aliphatic imine (C=N–C) groups is 3. The Kier molecular flexibility index (Phi) is 20.0. The average molecular weight is 729 g/mol. The zero-order chi connectivity index (χ0) is 39.2. The highest BCUT2D eigenvalue weighted by atomic mass is 16.2. The van der Waals surface area contributed by atoms with E-state index in [4.69, 9.17) is 34.4 Å². The molecule has 19 heteroatoms. The monoisotopic (exact) mass is 728 g/mol. The minimum Gasteiger partial charge on any atom is -0.370 e. The molecule has 5 amide bonds. The first-order valence-corrected chi connectivity index (χ1v) is 16.9. The van der Waals surface area contributed by atoms with Gasteiger partial charge in [-0.25, -0.2) is 0 Å². The van der Waals surface area contributed by atoms with Crippen LogP contribution in [0.3, 0.4) is 0 Å². The third-order valence-electron chi connectivity index (χ3n) is 7.46. The van der Waals surface area contributed by atoms with E-state index in [0.29, 0.717) is 18.5 Å². The molecule has 1 aromatic rings.